The third-order valence-corrected chi connectivity index (χ3v) is 2.83. The second-order valence-corrected chi connectivity index (χ2v) is 3.99. The third-order valence-electron chi connectivity index (χ3n) is 2.83. The van der Waals surface area contributed by atoms with Crippen LogP contribution in [-0.4, -0.2) is 47.8 Å². The van der Waals surface area contributed by atoms with Gasteiger partial charge < -0.3 is 10.2 Å². The van der Waals surface area contributed by atoms with Crippen LogP contribution in [0.15, 0.2) is 12.4 Å². The van der Waals surface area contributed by atoms with Crippen molar-refractivity contribution in [3.05, 3.63) is 18.0 Å². The number of likely N-dealkylation sites (N-methyl/N-ethyl adjacent to an activating group) is 1. The Hall–Kier alpha value is -1.36. The standard InChI is InChI=1S/C10H16N4O/c1-11-10(15)8-5-12-14(6-8)9-3-4-13(2)7-9/h5-6,9H,3-4,7H2,1-2H3,(H,11,15). The first kappa shape index (κ1) is 10.2. The van der Waals surface area contributed by atoms with Crippen LogP contribution < -0.4 is 5.32 Å². The van der Waals surface area contributed by atoms with Crippen LogP contribution >= 0.6 is 0 Å². The lowest BCUT2D eigenvalue weighted by atomic mass is 10.2. The van der Waals surface area contributed by atoms with Gasteiger partial charge in [0.05, 0.1) is 17.8 Å². The molecule has 5 nitrogen and oxygen atoms in total. The fourth-order valence-corrected chi connectivity index (χ4v) is 1.93. The number of rotatable bonds is 2. The molecule has 1 saturated heterocycles. The maximum atomic E-state index is 11.3. The number of amides is 1. The minimum Gasteiger partial charge on any atom is -0.355 e. The van der Waals surface area contributed by atoms with Crippen molar-refractivity contribution in [3.8, 4) is 0 Å². The third kappa shape index (κ3) is 2.02. The van der Waals surface area contributed by atoms with Crippen LogP contribution in [0.1, 0.15) is 22.8 Å². The molecule has 1 aromatic rings. The van der Waals surface area contributed by atoms with Gasteiger partial charge in [-0.05, 0) is 20.0 Å². The van der Waals surface area contributed by atoms with Crippen LogP contribution in [0.5, 0.6) is 0 Å². The van der Waals surface area contributed by atoms with Crippen molar-refractivity contribution in [2.24, 2.45) is 0 Å². The lowest BCUT2D eigenvalue weighted by Crippen LogP contribution is -2.18. The molecule has 1 N–H and O–H groups in total. The van der Waals surface area contributed by atoms with E-state index in [0.29, 0.717) is 11.6 Å². The van der Waals surface area contributed by atoms with Crippen molar-refractivity contribution in [2.45, 2.75) is 12.5 Å². The van der Waals surface area contributed by atoms with E-state index in [1.54, 1.807) is 13.2 Å². The Balaban J connectivity index is 2.10. The van der Waals surface area contributed by atoms with Crippen LogP contribution in [-0.2, 0) is 0 Å². The molecular formula is C10H16N4O. The van der Waals surface area contributed by atoms with Crippen molar-refractivity contribution in [1.29, 1.82) is 0 Å². The molecule has 0 bridgehead atoms. The summed E-state index contributed by atoms with van der Waals surface area (Å²) in [7, 11) is 3.73. The van der Waals surface area contributed by atoms with Gasteiger partial charge in [-0.1, -0.05) is 0 Å². The maximum Gasteiger partial charge on any atom is 0.254 e. The van der Waals surface area contributed by atoms with E-state index < -0.39 is 0 Å². The van der Waals surface area contributed by atoms with Gasteiger partial charge in [0.25, 0.3) is 5.91 Å². The summed E-state index contributed by atoms with van der Waals surface area (Å²) < 4.78 is 1.90. The van der Waals surface area contributed by atoms with Crippen molar-refractivity contribution >= 4 is 5.91 Å². The van der Waals surface area contributed by atoms with Crippen molar-refractivity contribution in [2.75, 3.05) is 27.2 Å². The zero-order valence-electron chi connectivity index (χ0n) is 9.10. The maximum absolute atomic E-state index is 11.3. The number of hydrogen-bond donors (Lipinski definition) is 1. The molecule has 2 rings (SSSR count). The van der Waals surface area contributed by atoms with E-state index in [0.717, 1.165) is 19.5 Å². The summed E-state index contributed by atoms with van der Waals surface area (Å²) in [5.74, 6) is -0.0763. The zero-order valence-corrected chi connectivity index (χ0v) is 9.10. The molecule has 1 amide bonds. The van der Waals surface area contributed by atoms with E-state index >= 15 is 0 Å². The molecule has 1 aliphatic heterocycles. The predicted molar refractivity (Wildman–Crippen MR) is 56.8 cm³/mol. The summed E-state index contributed by atoms with van der Waals surface area (Å²) in [6.45, 7) is 2.11. The number of aromatic nitrogens is 2. The average Bonchev–Trinajstić information content (AvgIpc) is 2.84. The molecule has 0 aliphatic carbocycles. The Bertz CT molecular complexity index is 360. The summed E-state index contributed by atoms with van der Waals surface area (Å²) in [5.41, 5.74) is 0.632. The van der Waals surface area contributed by atoms with Gasteiger partial charge in [-0.3, -0.25) is 9.48 Å². The molecule has 1 unspecified atom stereocenters. The van der Waals surface area contributed by atoms with Gasteiger partial charge in [0.2, 0.25) is 0 Å². The SMILES string of the molecule is CNC(=O)c1cnn(C2CCN(C)C2)c1. The lowest BCUT2D eigenvalue weighted by molar-refractivity contribution is 0.0963. The van der Waals surface area contributed by atoms with Gasteiger partial charge in [0, 0.05) is 19.8 Å². The molecule has 15 heavy (non-hydrogen) atoms. The number of likely N-dealkylation sites (tertiary alicyclic amines) is 1. The normalized spacial score (nSPS) is 21.9. The summed E-state index contributed by atoms with van der Waals surface area (Å²) in [6, 6.07) is 0.411. The molecule has 1 aliphatic rings. The summed E-state index contributed by atoms with van der Waals surface area (Å²) in [5, 5.41) is 6.82. The number of nitrogens with zero attached hydrogens (tertiary/aromatic N) is 3. The minimum atomic E-state index is -0.0763. The number of nitrogens with one attached hydrogen (secondary N) is 1. The smallest absolute Gasteiger partial charge is 0.254 e. The van der Waals surface area contributed by atoms with Gasteiger partial charge in [-0.25, -0.2) is 0 Å². The molecule has 0 saturated carbocycles. The average molecular weight is 208 g/mol. The van der Waals surface area contributed by atoms with Crippen molar-refractivity contribution in [1.82, 2.24) is 20.0 Å². The van der Waals surface area contributed by atoms with Gasteiger partial charge in [0.15, 0.2) is 0 Å². The van der Waals surface area contributed by atoms with E-state index in [1.165, 1.54) is 0 Å². The highest BCUT2D eigenvalue weighted by Crippen LogP contribution is 2.19. The second kappa shape index (κ2) is 4.02. The Morgan fingerprint density at radius 3 is 3.07 bits per heavy atom. The van der Waals surface area contributed by atoms with Crippen molar-refractivity contribution < 1.29 is 4.79 Å². The van der Waals surface area contributed by atoms with Crippen LogP contribution in [0.4, 0.5) is 0 Å². The second-order valence-electron chi connectivity index (χ2n) is 3.99. The molecular weight excluding hydrogens is 192 g/mol. The van der Waals surface area contributed by atoms with E-state index in [-0.39, 0.29) is 5.91 Å². The number of hydrogen-bond acceptors (Lipinski definition) is 3. The summed E-state index contributed by atoms with van der Waals surface area (Å²) in [4.78, 5) is 13.6. The van der Waals surface area contributed by atoms with Crippen molar-refractivity contribution in [3.63, 3.8) is 0 Å². The monoisotopic (exact) mass is 208 g/mol. The van der Waals surface area contributed by atoms with Crippen LogP contribution in [0.25, 0.3) is 0 Å². The van der Waals surface area contributed by atoms with Crippen LogP contribution in [0, 0.1) is 0 Å². The molecule has 1 fully saturated rings. The Morgan fingerprint density at radius 1 is 1.67 bits per heavy atom. The molecule has 1 aromatic heterocycles. The number of carbonyl (C=O) groups excluding carboxylic acids is 1. The molecule has 0 spiro atoms. The molecule has 0 radical (unpaired) electrons. The fourth-order valence-electron chi connectivity index (χ4n) is 1.93. The van der Waals surface area contributed by atoms with E-state index in [1.807, 2.05) is 10.9 Å². The van der Waals surface area contributed by atoms with E-state index in [2.05, 4.69) is 22.4 Å². The lowest BCUT2D eigenvalue weighted by Gasteiger charge is -2.10. The minimum absolute atomic E-state index is 0.0763. The molecule has 2 heterocycles. The van der Waals surface area contributed by atoms with Gasteiger partial charge in [-0.2, -0.15) is 5.10 Å². The van der Waals surface area contributed by atoms with Crippen LogP contribution in [0.3, 0.4) is 0 Å². The van der Waals surface area contributed by atoms with Gasteiger partial charge >= 0.3 is 0 Å². The van der Waals surface area contributed by atoms with Crippen LogP contribution in [0.2, 0.25) is 0 Å². The highest BCUT2D eigenvalue weighted by atomic mass is 16.1. The highest BCUT2D eigenvalue weighted by molar-refractivity contribution is 5.93. The van der Waals surface area contributed by atoms with E-state index in [4.69, 9.17) is 0 Å². The highest BCUT2D eigenvalue weighted by Gasteiger charge is 2.22. The molecule has 0 aromatic carbocycles. The first-order chi connectivity index (χ1) is 7.20. The molecule has 82 valence electrons. The van der Waals surface area contributed by atoms with E-state index in [9.17, 15) is 4.79 Å². The summed E-state index contributed by atoms with van der Waals surface area (Å²) >= 11 is 0. The zero-order chi connectivity index (χ0) is 10.8. The number of carbonyl (C=O) groups is 1. The Labute approximate surface area is 89.1 Å². The summed E-state index contributed by atoms with van der Waals surface area (Å²) in [6.07, 6.45) is 4.55. The van der Waals surface area contributed by atoms with Gasteiger partial charge in [-0.15, -0.1) is 0 Å². The largest absolute Gasteiger partial charge is 0.355 e. The first-order valence-electron chi connectivity index (χ1n) is 5.15. The molecule has 5 heteroatoms. The fraction of sp³-hybridized carbons (Fsp3) is 0.600. The topological polar surface area (TPSA) is 50.2 Å². The molecule has 1 atom stereocenters. The Kier molecular flexibility index (Phi) is 2.73. The Morgan fingerprint density at radius 2 is 2.47 bits per heavy atom. The predicted octanol–water partition coefficient (Wildman–Crippen LogP) is 0.119. The first-order valence-corrected chi connectivity index (χ1v) is 5.15. The quantitative estimate of drug-likeness (QED) is 0.751. The van der Waals surface area contributed by atoms with Gasteiger partial charge in [0.1, 0.15) is 0 Å².